The Balaban J connectivity index is 1.54. The van der Waals surface area contributed by atoms with Gasteiger partial charge >= 0.3 is 0 Å². The number of aromatic nitrogens is 3. The normalized spacial score (nSPS) is 15.9. The number of aryl methyl sites for hydroxylation is 1. The Morgan fingerprint density at radius 2 is 2.33 bits per heavy atom. The molecular formula is C19H18N5+. The average molecular weight is 316 g/mol. The number of quaternary nitrogens is 1. The molecule has 5 rings (SSSR count). The van der Waals surface area contributed by atoms with E-state index in [9.17, 15) is 0 Å². The van der Waals surface area contributed by atoms with Crippen molar-refractivity contribution in [2.75, 3.05) is 0 Å². The van der Waals surface area contributed by atoms with Crippen molar-refractivity contribution in [2.24, 2.45) is 5.10 Å². The highest BCUT2D eigenvalue weighted by atomic mass is 15.3. The summed E-state index contributed by atoms with van der Waals surface area (Å²) >= 11 is 0. The maximum atomic E-state index is 4.60. The van der Waals surface area contributed by atoms with E-state index >= 15 is 0 Å². The number of nitrogens with one attached hydrogen (secondary N) is 1. The van der Waals surface area contributed by atoms with Gasteiger partial charge < -0.3 is 9.55 Å². The summed E-state index contributed by atoms with van der Waals surface area (Å²) < 4.78 is 2.31. The minimum Gasteiger partial charge on any atom is -0.346 e. The number of rotatable bonds is 3. The molecule has 0 aromatic carbocycles. The molecule has 5 heteroatoms. The Hall–Kier alpha value is -2.92. The maximum Gasteiger partial charge on any atom is 0.137 e. The van der Waals surface area contributed by atoms with E-state index in [0.717, 1.165) is 41.6 Å². The van der Waals surface area contributed by atoms with Gasteiger partial charge in [-0.2, -0.15) is 5.43 Å². The molecular weight excluding hydrogens is 298 g/mol. The molecule has 4 heterocycles. The van der Waals surface area contributed by atoms with Crippen LogP contribution in [-0.4, -0.2) is 20.7 Å². The summed E-state index contributed by atoms with van der Waals surface area (Å²) in [6, 6.07) is 4.47. The predicted molar refractivity (Wildman–Crippen MR) is 95.4 cm³/mol. The lowest BCUT2D eigenvalue weighted by molar-refractivity contribution is -0.589. The van der Waals surface area contributed by atoms with Gasteiger partial charge in [0.15, 0.2) is 0 Å². The van der Waals surface area contributed by atoms with Crippen LogP contribution >= 0.6 is 0 Å². The number of pyridine rings is 1. The Bertz CT molecular complexity index is 1020. The molecule has 0 fully saturated rings. The molecule has 1 aliphatic heterocycles. The number of nitrogens with two attached hydrogens (primary N) is 1. The summed E-state index contributed by atoms with van der Waals surface area (Å²) in [6.45, 7) is 0.840. The Morgan fingerprint density at radius 3 is 3.25 bits per heavy atom. The lowest BCUT2D eigenvalue weighted by Gasteiger charge is -2.11. The van der Waals surface area contributed by atoms with Crippen LogP contribution < -0.4 is 5.43 Å². The molecule has 24 heavy (non-hydrogen) atoms. The molecule has 3 N–H and O–H groups in total. The number of fused-ring (bicyclic) bond motifs is 2. The van der Waals surface area contributed by atoms with E-state index in [2.05, 4.69) is 50.1 Å². The van der Waals surface area contributed by atoms with Crippen LogP contribution in [0.4, 0.5) is 0 Å². The molecule has 2 aliphatic rings. The third kappa shape index (κ3) is 2.13. The van der Waals surface area contributed by atoms with Crippen LogP contribution in [0.1, 0.15) is 28.8 Å². The van der Waals surface area contributed by atoms with E-state index in [1.54, 1.807) is 0 Å². The molecule has 1 aliphatic carbocycles. The van der Waals surface area contributed by atoms with Crippen molar-refractivity contribution >= 4 is 28.9 Å². The van der Waals surface area contributed by atoms with Crippen LogP contribution in [0.25, 0.3) is 22.7 Å². The van der Waals surface area contributed by atoms with Crippen molar-refractivity contribution < 1.29 is 5.43 Å². The molecule has 0 radical (unpaired) electrons. The second kappa shape index (κ2) is 5.32. The van der Waals surface area contributed by atoms with Gasteiger partial charge in [0.05, 0.1) is 11.8 Å². The molecule has 3 aromatic heterocycles. The molecule has 0 bridgehead atoms. The third-order valence-electron chi connectivity index (χ3n) is 4.76. The standard InChI is InChI=1S/C19H17N5/c1-2-4-18-14(3-1)5-6-24(18)12-13-7-16-17(15-9-22-23-10-15)11-21-19(16)20-8-13/h2,4-11H,1,3,12H2,(H,20,21)(H,22,23)/p+1. The predicted octanol–water partition coefficient (Wildman–Crippen LogP) is 2.28. The van der Waals surface area contributed by atoms with Gasteiger partial charge in [0.1, 0.15) is 11.8 Å². The van der Waals surface area contributed by atoms with Gasteiger partial charge in [-0.15, -0.1) is 0 Å². The molecule has 0 atom stereocenters. The van der Waals surface area contributed by atoms with E-state index in [1.807, 2.05) is 30.2 Å². The van der Waals surface area contributed by atoms with Crippen molar-refractivity contribution in [2.45, 2.75) is 19.4 Å². The highest BCUT2D eigenvalue weighted by Gasteiger charge is 2.14. The Morgan fingerprint density at radius 1 is 1.33 bits per heavy atom. The van der Waals surface area contributed by atoms with E-state index in [4.69, 9.17) is 0 Å². The molecule has 118 valence electrons. The summed E-state index contributed by atoms with van der Waals surface area (Å²) in [5, 5.41) is 5.32. The van der Waals surface area contributed by atoms with Gasteiger partial charge in [-0.3, -0.25) is 0 Å². The minimum absolute atomic E-state index is 0.840. The smallest absolute Gasteiger partial charge is 0.137 e. The summed E-state index contributed by atoms with van der Waals surface area (Å²) in [7, 11) is 0. The second-order valence-corrected chi connectivity index (χ2v) is 6.29. The lowest BCUT2D eigenvalue weighted by Crippen LogP contribution is -2.69. The minimum atomic E-state index is 0.840. The zero-order valence-electron chi connectivity index (χ0n) is 13.2. The Kier molecular flexibility index (Phi) is 2.99. The van der Waals surface area contributed by atoms with Crippen LogP contribution in [0.5, 0.6) is 0 Å². The molecule has 3 aromatic rings. The molecule has 5 nitrogen and oxygen atoms in total. The first kappa shape index (κ1) is 13.5. The molecule has 0 saturated heterocycles. The zero-order chi connectivity index (χ0) is 15.9. The van der Waals surface area contributed by atoms with Gasteiger partial charge in [0.2, 0.25) is 0 Å². The molecule has 0 amide bonds. The topological polar surface area (TPSA) is 62.6 Å². The average Bonchev–Trinajstić information content (AvgIpc) is 3.34. The van der Waals surface area contributed by atoms with E-state index in [0.29, 0.717) is 0 Å². The first-order valence-corrected chi connectivity index (χ1v) is 8.26. The van der Waals surface area contributed by atoms with Crippen molar-refractivity contribution in [1.29, 1.82) is 0 Å². The summed E-state index contributed by atoms with van der Waals surface area (Å²) in [6.07, 6.45) is 16.9. The molecule has 0 unspecified atom stereocenters. The highest BCUT2D eigenvalue weighted by Crippen LogP contribution is 2.25. The zero-order valence-corrected chi connectivity index (χ0v) is 13.2. The van der Waals surface area contributed by atoms with Crippen molar-refractivity contribution in [3.63, 3.8) is 0 Å². The van der Waals surface area contributed by atoms with Crippen LogP contribution in [0.15, 0.2) is 48.1 Å². The number of H-pyrrole nitrogens is 1. The van der Waals surface area contributed by atoms with Gasteiger partial charge in [-0.05, 0) is 42.2 Å². The van der Waals surface area contributed by atoms with E-state index < -0.39 is 0 Å². The van der Waals surface area contributed by atoms with Crippen LogP contribution in [0.3, 0.4) is 0 Å². The molecule has 0 saturated carbocycles. The third-order valence-corrected chi connectivity index (χ3v) is 4.76. The highest BCUT2D eigenvalue weighted by molar-refractivity contribution is 6.14. The summed E-state index contributed by atoms with van der Waals surface area (Å²) in [5.74, 6) is 0. The first-order chi connectivity index (χ1) is 11.9. The van der Waals surface area contributed by atoms with Gasteiger partial charge in [-0.1, -0.05) is 11.2 Å². The van der Waals surface area contributed by atoms with Crippen molar-refractivity contribution in [1.82, 2.24) is 14.5 Å². The number of allylic oxidation sites excluding steroid dienone is 2. The first-order valence-electron chi connectivity index (χ1n) is 8.26. The number of nitrogens with zero attached hydrogens (tertiary/aromatic N) is 3. The SMILES string of the molecule is C1=Cc2c(ccn2Cc2cnc3[nH]cc(C4=C[NH2+]N=C4)c3c2)CC1. The fourth-order valence-electron chi connectivity index (χ4n) is 3.53. The van der Waals surface area contributed by atoms with E-state index in [1.165, 1.54) is 16.8 Å². The summed E-state index contributed by atoms with van der Waals surface area (Å²) in [5.41, 5.74) is 9.01. The van der Waals surface area contributed by atoms with Crippen molar-refractivity contribution in [3.05, 3.63) is 65.4 Å². The Labute approximate surface area is 139 Å². The van der Waals surface area contributed by atoms with Crippen molar-refractivity contribution in [3.8, 4) is 0 Å². The van der Waals surface area contributed by atoms with Crippen LogP contribution in [0.2, 0.25) is 0 Å². The van der Waals surface area contributed by atoms with Gasteiger partial charge in [0, 0.05) is 41.8 Å². The summed E-state index contributed by atoms with van der Waals surface area (Å²) in [4.78, 5) is 7.85. The maximum absolute atomic E-state index is 4.60. The second-order valence-electron chi connectivity index (χ2n) is 6.29. The fourth-order valence-corrected chi connectivity index (χ4v) is 3.53. The monoisotopic (exact) mass is 316 g/mol. The quantitative estimate of drug-likeness (QED) is 0.716. The van der Waals surface area contributed by atoms with Gasteiger partial charge in [0.25, 0.3) is 0 Å². The van der Waals surface area contributed by atoms with Crippen LogP contribution in [0, 0.1) is 0 Å². The largest absolute Gasteiger partial charge is 0.346 e. The number of aromatic amines is 1. The van der Waals surface area contributed by atoms with Gasteiger partial charge in [-0.25, -0.2) is 4.98 Å². The van der Waals surface area contributed by atoms with Crippen LogP contribution in [-0.2, 0) is 13.0 Å². The number of hydrogen-bond donors (Lipinski definition) is 2. The molecule has 0 spiro atoms. The number of hydrogen-bond acceptors (Lipinski definition) is 2. The van der Waals surface area contributed by atoms with E-state index in [-0.39, 0.29) is 0 Å². The fraction of sp³-hybridized carbons (Fsp3) is 0.158. The lowest BCUT2D eigenvalue weighted by atomic mass is 10.0.